The van der Waals surface area contributed by atoms with E-state index in [2.05, 4.69) is 23.7 Å². The summed E-state index contributed by atoms with van der Waals surface area (Å²) in [6, 6.07) is 4.29. The zero-order valence-corrected chi connectivity index (χ0v) is 8.34. The van der Waals surface area contributed by atoms with Crippen LogP contribution in [0, 0.1) is 0 Å². The van der Waals surface area contributed by atoms with Gasteiger partial charge in [0.05, 0.1) is 0 Å². The predicted octanol–water partition coefficient (Wildman–Crippen LogP) is 2.58. The van der Waals surface area contributed by atoms with Crippen molar-refractivity contribution in [3.63, 3.8) is 0 Å². The highest BCUT2D eigenvalue weighted by Crippen LogP contribution is 2.17. The zero-order chi connectivity index (χ0) is 9.14. The number of aromatic nitrogens is 1. The monoisotopic (exact) mass is 184 g/mol. The van der Waals surface area contributed by atoms with Crippen molar-refractivity contribution < 1.29 is 0 Å². The second kappa shape index (κ2) is 3.76. The van der Waals surface area contributed by atoms with Crippen LogP contribution in [-0.4, -0.2) is 18.1 Å². The number of halogens is 1. The molecule has 0 aliphatic carbocycles. The fourth-order valence-corrected chi connectivity index (χ4v) is 1.08. The Balaban J connectivity index is 2.88. The second-order valence-electron chi connectivity index (χ2n) is 3.04. The number of hydrogen-bond acceptors (Lipinski definition) is 2. The lowest BCUT2D eigenvalue weighted by Gasteiger charge is -2.23. The molecule has 0 saturated carbocycles. The SMILES string of the molecule is CC(C)N(C)c1ccnc(Cl)c1. The highest BCUT2D eigenvalue weighted by atomic mass is 35.5. The number of rotatable bonds is 2. The standard InChI is InChI=1S/C9H13ClN2/c1-7(2)12(3)8-4-5-11-9(10)6-8/h4-7H,1-3H3. The minimum Gasteiger partial charge on any atom is -0.372 e. The third kappa shape index (κ3) is 2.11. The van der Waals surface area contributed by atoms with Gasteiger partial charge in [-0.25, -0.2) is 4.98 Å². The summed E-state index contributed by atoms with van der Waals surface area (Å²) in [5.74, 6) is 0. The molecule has 0 aliphatic heterocycles. The minimum absolute atomic E-state index is 0.475. The molecule has 1 aromatic rings. The van der Waals surface area contributed by atoms with Crippen LogP contribution in [0.25, 0.3) is 0 Å². The van der Waals surface area contributed by atoms with Crippen molar-refractivity contribution in [1.82, 2.24) is 4.98 Å². The van der Waals surface area contributed by atoms with Crippen LogP contribution in [0.15, 0.2) is 18.3 Å². The number of anilines is 1. The molecule has 1 heterocycles. The quantitative estimate of drug-likeness (QED) is 0.657. The predicted molar refractivity (Wildman–Crippen MR) is 52.8 cm³/mol. The maximum atomic E-state index is 5.76. The fraction of sp³-hybridized carbons (Fsp3) is 0.444. The molecule has 0 amide bonds. The Bertz CT molecular complexity index is 260. The van der Waals surface area contributed by atoms with E-state index in [-0.39, 0.29) is 0 Å². The Morgan fingerprint density at radius 3 is 2.67 bits per heavy atom. The Kier molecular flexibility index (Phi) is 2.93. The van der Waals surface area contributed by atoms with Crippen LogP contribution in [0.2, 0.25) is 5.15 Å². The van der Waals surface area contributed by atoms with E-state index in [1.807, 2.05) is 19.2 Å². The largest absolute Gasteiger partial charge is 0.372 e. The van der Waals surface area contributed by atoms with Gasteiger partial charge >= 0.3 is 0 Å². The molecule has 0 unspecified atom stereocenters. The topological polar surface area (TPSA) is 16.1 Å². The Morgan fingerprint density at radius 1 is 1.50 bits per heavy atom. The van der Waals surface area contributed by atoms with Crippen LogP contribution in [0.5, 0.6) is 0 Å². The lowest BCUT2D eigenvalue weighted by Crippen LogP contribution is -2.25. The third-order valence-corrected chi connectivity index (χ3v) is 2.10. The fourth-order valence-electron chi connectivity index (χ4n) is 0.910. The first-order valence-electron chi connectivity index (χ1n) is 3.95. The average Bonchev–Trinajstić information content (AvgIpc) is 2.03. The molecule has 12 heavy (non-hydrogen) atoms. The maximum Gasteiger partial charge on any atom is 0.131 e. The number of nitrogens with zero attached hydrogens (tertiary/aromatic N) is 2. The van der Waals surface area contributed by atoms with Gasteiger partial charge in [0.25, 0.3) is 0 Å². The molecule has 3 heteroatoms. The molecule has 0 aliphatic rings. The van der Waals surface area contributed by atoms with E-state index < -0.39 is 0 Å². The van der Waals surface area contributed by atoms with Crippen LogP contribution in [-0.2, 0) is 0 Å². The molecule has 0 spiro atoms. The summed E-state index contributed by atoms with van der Waals surface area (Å²) in [7, 11) is 2.04. The van der Waals surface area contributed by atoms with E-state index in [1.54, 1.807) is 6.20 Å². The number of pyridine rings is 1. The molecular formula is C9H13ClN2. The van der Waals surface area contributed by atoms with Gasteiger partial charge in [0.1, 0.15) is 5.15 Å². The summed E-state index contributed by atoms with van der Waals surface area (Å²) < 4.78 is 0. The number of hydrogen-bond donors (Lipinski definition) is 0. The van der Waals surface area contributed by atoms with E-state index in [4.69, 9.17) is 11.6 Å². The molecule has 0 fully saturated rings. The summed E-state index contributed by atoms with van der Waals surface area (Å²) in [4.78, 5) is 6.07. The van der Waals surface area contributed by atoms with Crippen molar-refractivity contribution in [2.45, 2.75) is 19.9 Å². The van der Waals surface area contributed by atoms with Crippen molar-refractivity contribution in [1.29, 1.82) is 0 Å². The lowest BCUT2D eigenvalue weighted by atomic mass is 10.3. The zero-order valence-electron chi connectivity index (χ0n) is 7.58. The smallest absolute Gasteiger partial charge is 0.131 e. The summed E-state index contributed by atoms with van der Waals surface area (Å²) in [6.45, 7) is 4.27. The van der Waals surface area contributed by atoms with E-state index in [0.29, 0.717) is 11.2 Å². The van der Waals surface area contributed by atoms with Crippen molar-refractivity contribution in [3.8, 4) is 0 Å². The van der Waals surface area contributed by atoms with E-state index >= 15 is 0 Å². The van der Waals surface area contributed by atoms with Crippen LogP contribution < -0.4 is 4.90 Å². The minimum atomic E-state index is 0.475. The first-order valence-corrected chi connectivity index (χ1v) is 4.33. The maximum absolute atomic E-state index is 5.76. The molecule has 0 N–H and O–H groups in total. The van der Waals surface area contributed by atoms with Gasteiger partial charge in [-0.3, -0.25) is 0 Å². The molecule has 0 radical (unpaired) electrons. The highest BCUT2D eigenvalue weighted by Gasteiger charge is 2.04. The van der Waals surface area contributed by atoms with Gasteiger partial charge in [0.2, 0.25) is 0 Å². The van der Waals surface area contributed by atoms with Gasteiger partial charge in [-0.1, -0.05) is 11.6 Å². The van der Waals surface area contributed by atoms with Gasteiger partial charge < -0.3 is 4.90 Å². The highest BCUT2D eigenvalue weighted by molar-refractivity contribution is 6.29. The van der Waals surface area contributed by atoms with Crippen LogP contribution in [0.4, 0.5) is 5.69 Å². The van der Waals surface area contributed by atoms with E-state index in [9.17, 15) is 0 Å². The Labute approximate surface area is 78.2 Å². The molecule has 0 saturated heterocycles. The van der Waals surface area contributed by atoms with Gasteiger partial charge in [-0.05, 0) is 26.0 Å². The van der Waals surface area contributed by atoms with Gasteiger partial charge in [0.15, 0.2) is 0 Å². The normalized spacial score (nSPS) is 10.4. The van der Waals surface area contributed by atoms with Crippen molar-refractivity contribution >= 4 is 17.3 Å². The Morgan fingerprint density at radius 2 is 2.17 bits per heavy atom. The van der Waals surface area contributed by atoms with Crippen molar-refractivity contribution in [2.24, 2.45) is 0 Å². The first kappa shape index (κ1) is 9.33. The van der Waals surface area contributed by atoms with Gasteiger partial charge in [0, 0.05) is 25.0 Å². The molecule has 66 valence electrons. The van der Waals surface area contributed by atoms with Crippen LogP contribution in [0.1, 0.15) is 13.8 Å². The molecule has 0 aromatic carbocycles. The van der Waals surface area contributed by atoms with E-state index in [1.165, 1.54) is 0 Å². The summed E-state index contributed by atoms with van der Waals surface area (Å²) in [6.07, 6.45) is 1.72. The Hall–Kier alpha value is -0.760. The van der Waals surface area contributed by atoms with E-state index in [0.717, 1.165) is 5.69 Å². The molecular weight excluding hydrogens is 172 g/mol. The third-order valence-electron chi connectivity index (χ3n) is 1.89. The summed E-state index contributed by atoms with van der Waals surface area (Å²) in [5.41, 5.74) is 1.10. The van der Waals surface area contributed by atoms with Gasteiger partial charge in [-0.2, -0.15) is 0 Å². The molecule has 0 bridgehead atoms. The molecule has 2 nitrogen and oxygen atoms in total. The van der Waals surface area contributed by atoms with Gasteiger partial charge in [-0.15, -0.1) is 0 Å². The van der Waals surface area contributed by atoms with Crippen LogP contribution in [0.3, 0.4) is 0 Å². The summed E-state index contributed by atoms with van der Waals surface area (Å²) >= 11 is 5.76. The van der Waals surface area contributed by atoms with Crippen molar-refractivity contribution in [2.75, 3.05) is 11.9 Å². The molecule has 0 atom stereocenters. The van der Waals surface area contributed by atoms with Crippen LogP contribution >= 0.6 is 11.6 Å². The molecule has 1 rings (SSSR count). The second-order valence-corrected chi connectivity index (χ2v) is 3.43. The average molecular weight is 185 g/mol. The van der Waals surface area contributed by atoms with Crippen molar-refractivity contribution in [3.05, 3.63) is 23.5 Å². The first-order chi connectivity index (χ1) is 5.61. The summed E-state index contributed by atoms with van der Waals surface area (Å²) in [5, 5.41) is 0.542. The lowest BCUT2D eigenvalue weighted by molar-refractivity contribution is 0.754. The molecule has 1 aromatic heterocycles.